The third-order valence-electron chi connectivity index (χ3n) is 3.63. The van der Waals surface area contributed by atoms with Crippen LogP contribution in [0, 0.1) is 0 Å². The number of hydrogen-bond donors (Lipinski definition) is 0. The molecule has 0 aliphatic heterocycles. The number of nitrogens with zero attached hydrogens (tertiary/aromatic N) is 6. The predicted molar refractivity (Wildman–Crippen MR) is 86.2 cm³/mol. The maximum absolute atomic E-state index is 12.6. The molecule has 0 aliphatic rings. The molecule has 0 spiro atoms. The molecule has 24 heavy (non-hydrogen) atoms. The van der Waals surface area contributed by atoms with Crippen molar-refractivity contribution in [3.63, 3.8) is 0 Å². The van der Waals surface area contributed by atoms with Crippen LogP contribution in [0.2, 0.25) is 0 Å². The van der Waals surface area contributed by atoms with E-state index in [-0.39, 0.29) is 5.78 Å². The number of benzene rings is 2. The van der Waals surface area contributed by atoms with Gasteiger partial charge in [0.25, 0.3) is 0 Å². The van der Waals surface area contributed by atoms with Crippen LogP contribution in [0.5, 0.6) is 0 Å². The number of carbonyl (C=O) groups is 1. The van der Waals surface area contributed by atoms with E-state index in [4.69, 9.17) is 0 Å². The van der Waals surface area contributed by atoms with Gasteiger partial charge in [-0.3, -0.25) is 4.79 Å². The zero-order valence-electron chi connectivity index (χ0n) is 12.5. The average molecular weight is 316 g/mol. The largest absolute Gasteiger partial charge is 0.289 e. The zero-order chi connectivity index (χ0) is 16.4. The molecule has 116 valence electrons. The van der Waals surface area contributed by atoms with E-state index in [1.807, 2.05) is 24.3 Å². The predicted octanol–water partition coefficient (Wildman–Crippen LogP) is 2.08. The number of hydrogen-bond acceptors (Lipinski definition) is 5. The van der Waals surface area contributed by atoms with Crippen molar-refractivity contribution in [3.05, 3.63) is 85.0 Å². The Morgan fingerprint density at radius 3 is 1.42 bits per heavy atom. The molecule has 7 nitrogen and oxygen atoms in total. The van der Waals surface area contributed by atoms with Crippen molar-refractivity contribution in [3.8, 4) is 11.4 Å². The Kier molecular flexibility index (Phi) is 3.43. The van der Waals surface area contributed by atoms with Gasteiger partial charge in [-0.1, -0.05) is 0 Å². The normalized spacial score (nSPS) is 10.7. The van der Waals surface area contributed by atoms with Crippen LogP contribution in [0.3, 0.4) is 0 Å². The van der Waals surface area contributed by atoms with E-state index >= 15 is 0 Å². The van der Waals surface area contributed by atoms with E-state index in [0.29, 0.717) is 11.1 Å². The van der Waals surface area contributed by atoms with E-state index in [1.165, 1.54) is 12.7 Å². The highest BCUT2D eigenvalue weighted by Crippen LogP contribution is 2.15. The van der Waals surface area contributed by atoms with Crippen molar-refractivity contribution in [2.24, 2.45) is 0 Å². The van der Waals surface area contributed by atoms with Crippen molar-refractivity contribution in [2.75, 3.05) is 0 Å². The van der Waals surface area contributed by atoms with Gasteiger partial charge in [0.05, 0.1) is 11.4 Å². The smallest absolute Gasteiger partial charge is 0.193 e. The highest BCUT2D eigenvalue weighted by molar-refractivity contribution is 6.09. The van der Waals surface area contributed by atoms with Crippen LogP contribution < -0.4 is 0 Å². The van der Waals surface area contributed by atoms with Crippen molar-refractivity contribution >= 4 is 5.78 Å². The van der Waals surface area contributed by atoms with Crippen LogP contribution in [-0.2, 0) is 0 Å². The maximum atomic E-state index is 12.6. The molecule has 0 saturated heterocycles. The molecule has 0 unspecified atom stereocenters. The van der Waals surface area contributed by atoms with E-state index in [9.17, 15) is 4.79 Å². The quantitative estimate of drug-likeness (QED) is 0.539. The molecule has 2 heterocycles. The lowest BCUT2D eigenvalue weighted by atomic mass is 10.0. The van der Waals surface area contributed by atoms with Crippen molar-refractivity contribution in [1.29, 1.82) is 0 Å². The summed E-state index contributed by atoms with van der Waals surface area (Å²) in [5.74, 6) is -0.0368. The first-order valence-electron chi connectivity index (χ1n) is 7.26. The van der Waals surface area contributed by atoms with Crippen LogP contribution in [0.1, 0.15) is 15.9 Å². The molecule has 2 aromatic carbocycles. The van der Waals surface area contributed by atoms with Crippen molar-refractivity contribution in [2.45, 2.75) is 0 Å². The first-order valence-corrected chi connectivity index (χ1v) is 7.26. The fraction of sp³-hybridized carbons (Fsp3) is 0. The lowest BCUT2D eigenvalue weighted by molar-refractivity contribution is 0.103. The Hall–Kier alpha value is -3.61. The maximum Gasteiger partial charge on any atom is 0.193 e. The summed E-state index contributed by atoms with van der Waals surface area (Å²) in [5.41, 5.74) is 2.94. The number of aromatic nitrogens is 6. The minimum atomic E-state index is -0.0368. The van der Waals surface area contributed by atoms with Gasteiger partial charge < -0.3 is 0 Å². The molecular formula is C17H12N6O. The molecule has 4 aromatic rings. The summed E-state index contributed by atoms with van der Waals surface area (Å²) in [6, 6.07) is 14.5. The molecule has 0 atom stereocenters. The van der Waals surface area contributed by atoms with Gasteiger partial charge in [0.15, 0.2) is 5.78 Å². The minimum absolute atomic E-state index is 0.0368. The first kappa shape index (κ1) is 14.0. The third kappa shape index (κ3) is 2.58. The highest BCUT2D eigenvalue weighted by atomic mass is 16.1. The van der Waals surface area contributed by atoms with Crippen molar-refractivity contribution < 1.29 is 4.79 Å². The van der Waals surface area contributed by atoms with Gasteiger partial charge in [0, 0.05) is 11.1 Å². The molecule has 0 fully saturated rings. The Labute approximate surface area is 137 Å². The van der Waals surface area contributed by atoms with Gasteiger partial charge in [-0.2, -0.15) is 10.2 Å². The standard InChI is InChI=1S/C17H12N6O/c24-17(13-1-5-15(6-2-13)22-11-18-9-20-22)14-3-7-16(8-4-14)23-12-19-10-21-23/h1-12H. The summed E-state index contributed by atoms with van der Waals surface area (Å²) >= 11 is 0. The van der Waals surface area contributed by atoms with Gasteiger partial charge in [-0.15, -0.1) is 0 Å². The second kappa shape index (κ2) is 5.88. The molecule has 0 amide bonds. The van der Waals surface area contributed by atoms with Gasteiger partial charge >= 0.3 is 0 Å². The average Bonchev–Trinajstić information content (AvgIpc) is 3.35. The van der Waals surface area contributed by atoms with Crippen LogP contribution >= 0.6 is 0 Å². The third-order valence-corrected chi connectivity index (χ3v) is 3.63. The monoisotopic (exact) mass is 316 g/mol. The summed E-state index contributed by atoms with van der Waals surface area (Å²) in [5, 5.41) is 8.12. The summed E-state index contributed by atoms with van der Waals surface area (Å²) in [4.78, 5) is 20.4. The van der Waals surface area contributed by atoms with E-state index in [0.717, 1.165) is 11.4 Å². The Bertz CT molecular complexity index is 862. The van der Waals surface area contributed by atoms with Crippen LogP contribution in [0.4, 0.5) is 0 Å². The van der Waals surface area contributed by atoms with Gasteiger partial charge in [-0.25, -0.2) is 19.3 Å². The molecule has 0 bridgehead atoms. The SMILES string of the molecule is O=C(c1ccc(-n2cncn2)cc1)c1ccc(-n2cncn2)cc1. The second-order valence-electron chi connectivity index (χ2n) is 5.10. The molecule has 4 rings (SSSR count). The van der Waals surface area contributed by atoms with Crippen LogP contribution in [-0.4, -0.2) is 35.3 Å². The Morgan fingerprint density at radius 2 is 1.08 bits per heavy atom. The summed E-state index contributed by atoms with van der Waals surface area (Å²) in [7, 11) is 0. The van der Waals surface area contributed by atoms with Crippen molar-refractivity contribution in [1.82, 2.24) is 29.5 Å². The minimum Gasteiger partial charge on any atom is -0.289 e. The van der Waals surface area contributed by atoms with Gasteiger partial charge in [-0.05, 0) is 48.5 Å². The molecular weight excluding hydrogens is 304 g/mol. The molecule has 2 aromatic heterocycles. The molecule has 0 saturated carbocycles. The second-order valence-corrected chi connectivity index (χ2v) is 5.10. The summed E-state index contributed by atoms with van der Waals surface area (Å²) in [6.45, 7) is 0. The molecule has 0 N–H and O–H groups in total. The topological polar surface area (TPSA) is 78.5 Å². The number of carbonyl (C=O) groups excluding carboxylic acids is 1. The highest BCUT2D eigenvalue weighted by Gasteiger charge is 2.10. The lowest BCUT2D eigenvalue weighted by Crippen LogP contribution is -2.03. The molecule has 7 heteroatoms. The fourth-order valence-electron chi connectivity index (χ4n) is 2.38. The van der Waals surface area contributed by atoms with E-state index < -0.39 is 0 Å². The van der Waals surface area contributed by atoms with E-state index in [2.05, 4.69) is 20.2 Å². The number of ketones is 1. The fourth-order valence-corrected chi connectivity index (χ4v) is 2.38. The Morgan fingerprint density at radius 1 is 0.667 bits per heavy atom. The van der Waals surface area contributed by atoms with E-state index in [1.54, 1.807) is 46.3 Å². The number of rotatable bonds is 4. The molecule has 0 radical (unpaired) electrons. The molecule has 0 aliphatic carbocycles. The zero-order valence-corrected chi connectivity index (χ0v) is 12.5. The van der Waals surface area contributed by atoms with Gasteiger partial charge in [0.2, 0.25) is 0 Å². The lowest BCUT2D eigenvalue weighted by Gasteiger charge is -2.05. The summed E-state index contributed by atoms with van der Waals surface area (Å²) < 4.78 is 3.28. The van der Waals surface area contributed by atoms with Crippen LogP contribution in [0.25, 0.3) is 11.4 Å². The summed E-state index contributed by atoms with van der Waals surface area (Å²) in [6.07, 6.45) is 6.16. The van der Waals surface area contributed by atoms with Crippen LogP contribution in [0.15, 0.2) is 73.8 Å². The van der Waals surface area contributed by atoms with Gasteiger partial charge in [0.1, 0.15) is 25.3 Å². The Balaban J connectivity index is 1.57. The first-order chi connectivity index (χ1) is 11.8.